The summed E-state index contributed by atoms with van der Waals surface area (Å²) < 4.78 is 44.8. The van der Waals surface area contributed by atoms with Crippen LogP contribution in [0, 0.1) is 0 Å². The molecule has 0 aliphatic carbocycles. The van der Waals surface area contributed by atoms with Crippen LogP contribution in [0.3, 0.4) is 0 Å². The lowest BCUT2D eigenvalue weighted by Crippen LogP contribution is -2.23. The third-order valence-corrected chi connectivity index (χ3v) is 2.94. The molecule has 0 spiro atoms. The molecule has 0 amide bonds. The van der Waals surface area contributed by atoms with Gasteiger partial charge in [-0.2, -0.15) is 18.3 Å². The van der Waals surface area contributed by atoms with Gasteiger partial charge in [-0.3, -0.25) is 4.68 Å². The Morgan fingerprint density at radius 1 is 1.60 bits per heavy atom. The lowest BCUT2D eigenvalue weighted by Gasteiger charge is -2.16. The molecule has 1 aliphatic rings. The molecule has 2 heterocycles. The predicted octanol–water partition coefficient (Wildman–Crippen LogP) is 2.03. The molecule has 1 aliphatic heterocycles. The Kier molecular flexibility index (Phi) is 5.41. The second-order valence-corrected chi connectivity index (χ2v) is 4.22. The minimum Gasteiger partial charge on any atom is -0.462 e. The molecular weight excluding hydrogens is 299 g/mol. The lowest BCUT2D eigenvalue weighted by atomic mass is 10.2. The van der Waals surface area contributed by atoms with E-state index in [1.165, 1.54) is 6.92 Å². The zero-order valence-corrected chi connectivity index (χ0v) is 11.6. The van der Waals surface area contributed by atoms with Gasteiger partial charge in [0.1, 0.15) is 5.56 Å². The van der Waals surface area contributed by atoms with Crippen molar-refractivity contribution in [3.8, 4) is 0 Å². The van der Waals surface area contributed by atoms with Gasteiger partial charge in [0.15, 0.2) is 5.69 Å². The first-order valence-corrected chi connectivity index (χ1v) is 5.97. The number of nitrogens with one attached hydrogen (secondary N) is 1. The number of rotatable bonds is 3. The van der Waals surface area contributed by atoms with Crippen LogP contribution in [0.2, 0.25) is 0 Å². The number of carbonyl (C=O) groups is 1. The molecule has 1 unspecified atom stereocenters. The first-order chi connectivity index (χ1) is 8.95. The summed E-state index contributed by atoms with van der Waals surface area (Å²) >= 11 is 0. The maximum absolute atomic E-state index is 13.1. The van der Waals surface area contributed by atoms with Crippen LogP contribution >= 0.6 is 12.4 Å². The van der Waals surface area contributed by atoms with Gasteiger partial charge in [0.2, 0.25) is 0 Å². The zero-order valence-electron chi connectivity index (χ0n) is 10.7. The number of esters is 1. The molecule has 1 saturated heterocycles. The monoisotopic (exact) mass is 313 g/mol. The highest BCUT2D eigenvalue weighted by atomic mass is 35.5. The van der Waals surface area contributed by atoms with E-state index in [0.717, 1.165) is 10.9 Å². The van der Waals surface area contributed by atoms with Gasteiger partial charge in [-0.05, 0) is 19.9 Å². The van der Waals surface area contributed by atoms with Crippen LogP contribution in [0.4, 0.5) is 13.2 Å². The quantitative estimate of drug-likeness (QED) is 0.868. The van der Waals surface area contributed by atoms with E-state index in [2.05, 4.69) is 15.2 Å². The Morgan fingerprint density at radius 3 is 2.80 bits per heavy atom. The van der Waals surface area contributed by atoms with Gasteiger partial charge >= 0.3 is 12.1 Å². The Morgan fingerprint density at radius 2 is 2.30 bits per heavy atom. The fourth-order valence-corrected chi connectivity index (χ4v) is 2.13. The Bertz CT molecular complexity index is 470. The van der Waals surface area contributed by atoms with Gasteiger partial charge in [-0.15, -0.1) is 12.4 Å². The van der Waals surface area contributed by atoms with Gasteiger partial charge in [-0.1, -0.05) is 0 Å². The number of nitrogens with zero attached hydrogens (tertiary/aromatic N) is 2. The number of ether oxygens (including phenoxy) is 1. The van der Waals surface area contributed by atoms with Crippen molar-refractivity contribution in [2.75, 3.05) is 19.7 Å². The predicted molar refractivity (Wildman–Crippen MR) is 67.0 cm³/mol. The SMILES string of the molecule is CCOC(=O)c1cnn(C2CCNC2)c1C(F)(F)F.Cl. The molecule has 9 heteroatoms. The molecule has 0 radical (unpaired) electrons. The van der Waals surface area contributed by atoms with E-state index in [4.69, 9.17) is 0 Å². The largest absolute Gasteiger partial charge is 0.462 e. The standard InChI is InChI=1S/C11H14F3N3O2.ClH/c1-2-19-10(18)8-6-16-17(7-3-4-15-5-7)9(8)11(12,13)14;/h6-7,15H,2-5H2,1H3;1H. The van der Waals surface area contributed by atoms with E-state index < -0.39 is 23.4 Å². The third-order valence-electron chi connectivity index (χ3n) is 2.94. The fourth-order valence-electron chi connectivity index (χ4n) is 2.13. The van der Waals surface area contributed by atoms with E-state index in [1.807, 2.05) is 0 Å². The highest BCUT2D eigenvalue weighted by Crippen LogP contribution is 2.34. The van der Waals surface area contributed by atoms with Crippen LogP contribution in [-0.4, -0.2) is 35.4 Å². The summed E-state index contributed by atoms with van der Waals surface area (Å²) in [5.74, 6) is -0.993. The van der Waals surface area contributed by atoms with Gasteiger partial charge in [0.05, 0.1) is 18.8 Å². The van der Waals surface area contributed by atoms with Crippen molar-refractivity contribution >= 4 is 18.4 Å². The number of hydrogen-bond donors (Lipinski definition) is 1. The summed E-state index contributed by atoms with van der Waals surface area (Å²) in [4.78, 5) is 11.5. The molecule has 1 N–H and O–H groups in total. The molecule has 1 atom stereocenters. The molecular formula is C11H15ClF3N3O2. The van der Waals surface area contributed by atoms with Gasteiger partial charge < -0.3 is 10.1 Å². The lowest BCUT2D eigenvalue weighted by molar-refractivity contribution is -0.145. The van der Waals surface area contributed by atoms with Crippen LogP contribution in [0.1, 0.15) is 35.4 Å². The van der Waals surface area contributed by atoms with Crippen molar-refractivity contribution in [1.82, 2.24) is 15.1 Å². The van der Waals surface area contributed by atoms with Crippen molar-refractivity contribution in [3.63, 3.8) is 0 Å². The summed E-state index contributed by atoms with van der Waals surface area (Å²) in [6, 6.07) is -0.389. The van der Waals surface area contributed by atoms with Crippen LogP contribution in [0.25, 0.3) is 0 Å². The smallest absolute Gasteiger partial charge is 0.433 e. The Balaban J connectivity index is 0.00000200. The molecule has 1 fully saturated rings. The first kappa shape index (κ1) is 16.8. The van der Waals surface area contributed by atoms with E-state index in [1.54, 1.807) is 0 Å². The summed E-state index contributed by atoms with van der Waals surface area (Å²) in [5, 5.41) is 6.69. The van der Waals surface area contributed by atoms with Gasteiger partial charge in [0, 0.05) is 6.54 Å². The van der Waals surface area contributed by atoms with Crippen LogP contribution in [0.15, 0.2) is 6.20 Å². The molecule has 114 valence electrons. The van der Waals surface area contributed by atoms with Crippen molar-refractivity contribution in [1.29, 1.82) is 0 Å². The molecule has 1 aromatic heterocycles. The van der Waals surface area contributed by atoms with Crippen LogP contribution < -0.4 is 5.32 Å². The number of halogens is 4. The first-order valence-electron chi connectivity index (χ1n) is 5.97. The molecule has 20 heavy (non-hydrogen) atoms. The third kappa shape index (κ3) is 3.24. The van der Waals surface area contributed by atoms with Gasteiger partial charge in [-0.25, -0.2) is 4.79 Å². The Hall–Kier alpha value is -1.28. The van der Waals surface area contributed by atoms with Crippen molar-refractivity contribution in [2.45, 2.75) is 25.6 Å². The highest BCUT2D eigenvalue weighted by Gasteiger charge is 2.42. The number of hydrogen-bond acceptors (Lipinski definition) is 4. The van der Waals surface area contributed by atoms with E-state index in [9.17, 15) is 18.0 Å². The van der Waals surface area contributed by atoms with Crippen molar-refractivity contribution in [2.24, 2.45) is 0 Å². The highest BCUT2D eigenvalue weighted by molar-refractivity contribution is 5.90. The normalized spacial score (nSPS) is 18.7. The molecule has 2 rings (SSSR count). The summed E-state index contributed by atoms with van der Waals surface area (Å²) in [6.07, 6.45) is -3.16. The van der Waals surface area contributed by atoms with Crippen molar-refractivity contribution < 1.29 is 22.7 Å². The van der Waals surface area contributed by atoms with Crippen molar-refractivity contribution in [3.05, 3.63) is 17.5 Å². The minimum atomic E-state index is -4.64. The second kappa shape index (κ2) is 6.45. The van der Waals surface area contributed by atoms with E-state index in [0.29, 0.717) is 19.5 Å². The summed E-state index contributed by atoms with van der Waals surface area (Å²) in [5.41, 5.74) is -1.55. The summed E-state index contributed by atoms with van der Waals surface area (Å²) in [7, 11) is 0. The van der Waals surface area contributed by atoms with Crippen LogP contribution in [0.5, 0.6) is 0 Å². The Labute approximate surface area is 119 Å². The number of alkyl halides is 3. The maximum atomic E-state index is 13.1. The fraction of sp³-hybridized carbons (Fsp3) is 0.636. The molecule has 1 aromatic rings. The molecule has 5 nitrogen and oxygen atoms in total. The van der Waals surface area contributed by atoms with E-state index >= 15 is 0 Å². The average molecular weight is 314 g/mol. The zero-order chi connectivity index (χ0) is 14.0. The van der Waals surface area contributed by atoms with E-state index in [-0.39, 0.29) is 25.1 Å². The molecule has 0 aromatic carbocycles. The molecule has 0 bridgehead atoms. The maximum Gasteiger partial charge on any atom is 0.433 e. The number of aromatic nitrogens is 2. The topological polar surface area (TPSA) is 56.1 Å². The minimum absolute atomic E-state index is 0. The second-order valence-electron chi connectivity index (χ2n) is 4.22. The average Bonchev–Trinajstić information content (AvgIpc) is 2.97. The molecule has 0 saturated carbocycles. The number of carbonyl (C=O) groups excluding carboxylic acids is 1. The van der Waals surface area contributed by atoms with Crippen LogP contribution in [-0.2, 0) is 10.9 Å². The summed E-state index contributed by atoms with van der Waals surface area (Å²) in [6.45, 7) is 2.60. The van der Waals surface area contributed by atoms with Gasteiger partial charge in [0.25, 0.3) is 0 Å².